The van der Waals surface area contributed by atoms with Crippen molar-refractivity contribution in [3.05, 3.63) is 65.7 Å². The van der Waals surface area contributed by atoms with Crippen molar-refractivity contribution >= 4 is 11.8 Å². The zero-order valence-corrected chi connectivity index (χ0v) is 18.4. The first kappa shape index (κ1) is 21.4. The van der Waals surface area contributed by atoms with Gasteiger partial charge in [-0.25, -0.2) is 0 Å². The van der Waals surface area contributed by atoms with Gasteiger partial charge in [-0.1, -0.05) is 42.5 Å². The van der Waals surface area contributed by atoms with Crippen molar-refractivity contribution in [1.82, 2.24) is 14.7 Å². The van der Waals surface area contributed by atoms with Gasteiger partial charge in [-0.2, -0.15) is 0 Å². The number of hydrogen-bond donors (Lipinski definition) is 0. The SMILES string of the molecule is COc1ccc([C@H]2[C@@H](C(=O)N3CCN(Cc4ccccc4)CC3)CCC(=O)N2C)cc1. The fourth-order valence-electron chi connectivity index (χ4n) is 4.76. The number of benzene rings is 2. The Morgan fingerprint density at radius 1 is 1.00 bits per heavy atom. The molecule has 4 rings (SSSR count). The first-order valence-corrected chi connectivity index (χ1v) is 11.0. The Balaban J connectivity index is 1.44. The van der Waals surface area contributed by atoms with Crippen LogP contribution in [0.3, 0.4) is 0 Å². The maximum Gasteiger partial charge on any atom is 0.228 e. The number of piperazine rings is 1. The van der Waals surface area contributed by atoms with E-state index >= 15 is 0 Å². The Bertz CT molecular complexity index is 892. The van der Waals surface area contributed by atoms with Crippen molar-refractivity contribution in [1.29, 1.82) is 0 Å². The number of amides is 2. The molecule has 6 nitrogen and oxygen atoms in total. The highest BCUT2D eigenvalue weighted by atomic mass is 16.5. The molecule has 0 aromatic heterocycles. The average molecular weight is 422 g/mol. The van der Waals surface area contributed by atoms with Crippen LogP contribution in [-0.4, -0.2) is 66.9 Å². The molecule has 0 spiro atoms. The maximum atomic E-state index is 13.5. The van der Waals surface area contributed by atoms with Gasteiger partial charge in [0.15, 0.2) is 0 Å². The van der Waals surface area contributed by atoms with Gasteiger partial charge >= 0.3 is 0 Å². The van der Waals surface area contributed by atoms with Crippen LogP contribution in [0.5, 0.6) is 5.75 Å². The van der Waals surface area contributed by atoms with E-state index in [1.807, 2.05) is 42.3 Å². The van der Waals surface area contributed by atoms with Gasteiger partial charge < -0.3 is 14.5 Å². The molecule has 2 saturated heterocycles. The van der Waals surface area contributed by atoms with Crippen LogP contribution in [0.2, 0.25) is 0 Å². The molecule has 0 aliphatic carbocycles. The molecule has 2 aromatic carbocycles. The number of methoxy groups -OCH3 is 1. The molecular formula is C25H31N3O3. The van der Waals surface area contributed by atoms with Gasteiger partial charge in [0.1, 0.15) is 5.75 Å². The zero-order valence-electron chi connectivity index (χ0n) is 18.4. The second kappa shape index (κ2) is 9.52. The minimum atomic E-state index is -0.234. The van der Waals surface area contributed by atoms with Gasteiger partial charge in [0.25, 0.3) is 0 Å². The molecule has 2 heterocycles. The Morgan fingerprint density at radius 3 is 2.32 bits per heavy atom. The predicted molar refractivity (Wildman–Crippen MR) is 120 cm³/mol. The summed E-state index contributed by atoms with van der Waals surface area (Å²) in [5, 5.41) is 0. The van der Waals surface area contributed by atoms with Gasteiger partial charge in [-0.3, -0.25) is 14.5 Å². The van der Waals surface area contributed by atoms with Gasteiger partial charge in [-0.05, 0) is 29.7 Å². The van der Waals surface area contributed by atoms with Crippen molar-refractivity contribution in [2.24, 2.45) is 5.92 Å². The molecule has 0 N–H and O–H groups in total. The van der Waals surface area contributed by atoms with E-state index in [9.17, 15) is 9.59 Å². The van der Waals surface area contributed by atoms with Gasteiger partial charge in [0, 0.05) is 46.2 Å². The van der Waals surface area contributed by atoms with Crippen LogP contribution < -0.4 is 4.74 Å². The minimum absolute atomic E-state index is 0.0950. The molecule has 0 unspecified atom stereocenters. The summed E-state index contributed by atoms with van der Waals surface area (Å²) in [4.78, 5) is 32.1. The second-order valence-corrected chi connectivity index (χ2v) is 8.45. The molecule has 2 aromatic rings. The van der Waals surface area contributed by atoms with Crippen molar-refractivity contribution in [3.8, 4) is 5.75 Å². The van der Waals surface area contributed by atoms with E-state index in [0.29, 0.717) is 12.8 Å². The molecule has 2 amide bonds. The minimum Gasteiger partial charge on any atom is -0.497 e. The number of hydrogen-bond acceptors (Lipinski definition) is 4. The lowest BCUT2D eigenvalue weighted by atomic mass is 9.83. The number of carbonyl (C=O) groups is 2. The highest BCUT2D eigenvalue weighted by Gasteiger charge is 2.41. The molecule has 0 radical (unpaired) electrons. The van der Waals surface area contributed by atoms with E-state index in [-0.39, 0.29) is 23.8 Å². The molecular weight excluding hydrogens is 390 g/mol. The van der Waals surface area contributed by atoms with Crippen LogP contribution in [0.25, 0.3) is 0 Å². The van der Waals surface area contributed by atoms with E-state index in [0.717, 1.165) is 44.0 Å². The number of likely N-dealkylation sites (tertiary alicyclic amines) is 1. The molecule has 0 bridgehead atoms. The largest absolute Gasteiger partial charge is 0.497 e. The zero-order chi connectivity index (χ0) is 21.8. The second-order valence-electron chi connectivity index (χ2n) is 8.45. The van der Waals surface area contributed by atoms with E-state index in [1.165, 1.54) is 5.56 Å². The standard InChI is InChI=1S/C25H31N3O3/c1-26-23(29)13-12-22(24(26)20-8-10-21(31-2)11-9-20)25(30)28-16-14-27(15-17-28)18-19-6-4-3-5-7-19/h3-11,22,24H,12-18H2,1-2H3/t22-,24-/m0/s1. The highest BCUT2D eigenvalue weighted by Crippen LogP contribution is 2.37. The van der Waals surface area contributed by atoms with Crippen LogP contribution >= 0.6 is 0 Å². The molecule has 2 aliphatic rings. The molecule has 2 fully saturated rings. The topological polar surface area (TPSA) is 53.1 Å². The summed E-state index contributed by atoms with van der Waals surface area (Å²) < 4.78 is 5.27. The predicted octanol–water partition coefficient (Wildman–Crippen LogP) is 2.95. The third kappa shape index (κ3) is 4.74. The first-order chi connectivity index (χ1) is 15.1. The lowest BCUT2D eigenvalue weighted by molar-refractivity contribution is -0.147. The van der Waals surface area contributed by atoms with Gasteiger partial charge in [0.2, 0.25) is 11.8 Å². The molecule has 2 atom stereocenters. The summed E-state index contributed by atoms with van der Waals surface area (Å²) in [6.45, 7) is 4.12. The lowest BCUT2D eigenvalue weighted by Gasteiger charge is -2.42. The summed E-state index contributed by atoms with van der Waals surface area (Å²) >= 11 is 0. The van der Waals surface area contributed by atoms with Crippen LogP contribution in [0.4, 0.5) is 0 Å². The number of piperidine rings is 1. The quantitative estimate of drug-likeness (QED) is 0.745. The number of ether oxygens (including phenoxy) is 1. The monoisotopic (exact) mass is 421 g/mol. The Morgan fingerprint density at radius 2 is 1.68 bits per heavy atom. The summed E-state index contributed by atoms with van der Waals surface area (Å²) in [5.41, 5.74) is 2.28. The third-order valence-electron chi connectivity index (χ3n) is 6.57. The normalized spacial score (nSPS) is 22.5. The van der Waals surface area contributed by atoms with E-state index in [4.69, 9.17) is 4.74 Å². The Labute approximate surface area is 184 Å². The summed E-state index contributed by atoms with van der Waals surface area (Å²) in [7, 11) is 3.45. The van der Waals surface area contributed by atoms with Gasteiger partial charge in [-0.15, -0.1) is 0 Å². The Kier molecular flexibility index (Phi) is 6.56. The maximum absolute atomic E-state index is 13.5. The van der Waals surface area contributed by atoms with Crippen molar-refractivity contribution in [2.45, 2.75) is 25.4 Å². The summed E-state index contributed by atoms with van der Waals surface area (Å²) in [5.74, 6) is 0.819. The smallest absolute Gasteiger partial charge is 0.228 e. The number of carbonyl (C=O) groups excluding carboxylic acids is 2. The summed E-state index contributed by atoms with van der Waals surface area (Å²) in [6, 6.07) is 17.9. The highest BCUT2D eigenvalue weighted by molar-refractivity contribution is 5.85. The van der Waals surface area contributed by atoms with E-state index < -0.39 is 0 Å². The average Bonchev–Trinajstić information content (AvgIpc) is 2.81. The van der Waals surface area contributed by atoms with Gasteiger partial charge in [0.05, 0.1) is 19.1 Å². The fourth-order valence-corrected chi connectivity index (χ4v) is 4.76. The third-order valence-corrected chi connectivity index (χ3v) is 6.57. The van der Waals surface area contributed by atoms with Crippen LogP contribution in [-0.2, 0) is 16.1 Å². The fraction of sp³-hybridized carbons (Fsp3) is 0.440. The Hall–Kier alpha value is -2.86. The molecule has 0 saturated carbocycles. The number of nitrogens with zero attached hydrogens (tertiary/aromatic N) is 3. The van der Waals surface area contributed by atoms with Crippen LogP contribution in [0.1, 0.15) is 30.0 Å². The first-order valence-electron chi connectivity index (χ1n) is 11.0. The van der Waals surface area contributed by atoms with Crippen molar-refractivity contribution in [3.63, 3.8) is 0 Å². The number of rotatable bonds is 5. The van der Waals surface area contributed by atoms with Crippen molar-refractivity contribution in [2.75, 3.05) is 40.3 Å². The molecule has 2 aliphatic heterocycles. The van der Waals surface area contributed by atoms with E-state index in [2.05, 4.69) is 29.2 Å². The lowest BCUT2D eigenvalue weighted by Crippen LogP contribution is -2.53. The van der Waals surface area contributed by atoms with E-state index in [1.54, 1.807) is 12.0 Å². The van der Waals surface area contributed by atoms with Crippen LogP contribution in [0.15, 0.2) is 54.6 Å². The van der Waals surface area contributed by atoms with Crippen molar-refractivity contribution < 1.29 is 14.3 Å². The molecule has 6 heteroatoms. The molecule has 31 heavy (non-hydrogen) atoms. The van der Waals surface area contributed by atoms with Crippen LogP contribution in [0, 0.1) is 5.92 Å². The molecule has 164 valence electrons. The summed E-state index contributed by atoms with van der Waals surface area (Å²) in [6.07, 6.45) is 1.02.